The van der Waals surface area contributed by atoms with Crippen molar-refractivity contribution in [1.82, 2.24) is 0 Å². The largest absolute Gasteiger partial charge is 0.477 e. The summed E-state index contributed by atoms with van der Waals surface area (Å²) in [6.07, 6.45) is 7.41. The first-order chi connectivity index (χ1) is 9.58. The predicted molar refractivity (Wildman–Crippen MR) is 75.5 cm³/mol. The Kier molecular flexibility index (Phi) is 4.56. The van der Waals surface area contributed by atoms with Gasteiger partial charge in [0, 0.05) is 0 Å². The number of carboxylic acids is 2. The second-order valence-corrected chi connectivity index (χ2v) is 5.17. The van der Waals surface area contributed by atoms with Crippen molar-refractivity contribution in [3.63, 3.8) is 0 Å². The lowest BCUT2D eigenvalue weighted by atomic mass is 9.84. The fourth-order valence-corrected chi connectivity index (χ4v) is 2.68. The molecular formula is C16H18O4. The normalized spacial score (nSPS) is 15.6. The second kappa shape index (κ2) is 6.37. The summed E-state index contributed by atoms with van der Waals surface area (Å²) in [7, 11) is 0. The zero-order valence-corrected chi connectivity index (χ0v) is 11.2. The number of hydrogen-bond acceptors (Lipinski definition) is 2. The Morgan fingerprint density at radius 3 is 2.00 bits per heavy atom. The van der Waals surface area contributed by atoms with Crippen LogP contribution < -0.4 is 0 Å². The van der Waals surface area contributed by atoms with E-state index in [2.05, 4.69) is 0 Å². The minimum Gasteiger partial charge on any atom is -0.477 e. The first-order valence-corrected chi connectivity index (χ1v) is 6.86. The second-order valence-electron chi connectivity index (χ2n) is 5.17. The van der Waals surface area contributed by atoms with Gasteiger partial charge in [0.15, 0.2) is 0 Å². The first-order valence-electron chi connectivity index (χ1n) is 6.86. The van der Waals surface area contributed by atoms with Gasteiger partial charge in [-0.2, -0.15) is 0 Å². The van der Waals surface area contributed by atoms with E-state index in [4.69, 9.17) is 10.2 Å². The van der Waals surface area contributed by atoms with E-state index in [0.717, 1.165) is 0 Å². The van der Waals surface area contributed by atoms with Gasteiger partial charge in [-0.05, 0) is 36.0 Å². The van der Waals surface area contributed by atoms with E-state index in [0.29, 0.717) is 11.5 Å². The van der Waals surface area contributed by atoms with Gasteiger partial charge in [-0.15, -0.1) is 0 Å². The van der Waals surface area contributed by atoms with Crippen LogP contribution in [0.3, 0.4) is 0 Å². The summed E-state index contributed by atoms with van der Waals surface area (Å²) in [5.74, 6) is -2.26. The van der Waals surface area contributed by atoms with Crippen LogP contribution in [-0.2, 0) is 9.59 Å². The molecule has 1 aliphatic rings. The minimum absolute atomic E-state index is 0.584. The number of rotatable bonds is 4. The highest BCUT2D eigenvalue weighted by Gasteiger charge is 2.17. The van der Waals surface area contributed by atoms with Gasteiger partial charge in [-0.25, -0.2) is 9.59 Å². The molecule has 1 aromatic carbocycles. The molecule has 1 aliphatic carbocycles. The van der Waals surface area contributed by atoms with Crippen molar-refractivity contribution in [2.24, 2.45) is 0 Å². The summed E-state index contributed by atoms with van der Waals surface area (Å²) in [4.78, 5) is 21.6. The number of carbonyl (C=O) groups is 2. The summed E-state index contributed by atoms with van der Waals surface area (Å²) in [6.45, 7) is 0. The fourth-order valence-electron chi connectivity index (χ4n) is 2.68. The molecule has 2 N–H and O–H groups in total. The Morgan fingerprint density at radius 1 is 0.950 bits per heavy atom. The number of aliphatic carboxylic acids is 2. The van der Waals surface area contributed by atoms with E-state index in [-0.39, 0.29) is 0 Å². The molecule has 0 atom stereocenters. The molecule has 2 rings (SSSR count). The third-order valence-corrected chi connectivity index (χ3v) is 3.78. The number of carboxylic acid groups (broad SMARTS) is 2. The van der Waals surface area contributed by atoms with Crippen LogP contribution in [0.15, 0.2) is 29.8 Å². The highest BCUT2D eigenvalue weighted by Crippen LogP contribution is 2.32. The van der Waals surface area contributed by atoms with Crippen molar-refractivity contribution in [2.75, 3.05) is 0 Å². The maximum absolute atomic E-state index is 10.8. The molecule has 4 nitrogen and oxygen atoms in total. The molecule has 0 unspecified atom stereocenters. The van der Waals surface area contributed by atoms with Crippen LogP contribution >= 0.6 is 0 Å². The lowest BCUT2D eigenvalue weighted by Gasteiger charge is -2.21. The Labute approximate surface area is 117 Å². The van der Waals surface area contributed by atoms with Crippen molar-refractivity contribution in [3.05, 3.63) is 41.0 Å². The molecule has 1 saturated carbocycles. The molecule has 1 fully saturated rings. The molecule has 0 amide bonds. The summed E-state index contributed by atoms with van der Waals surface area (Å²) >= 11 is 0. The van der Waals surface area contributed by atoms with Crippen molar-refractivity contribution in [3.8, 4) is 0 Å². The molecule has 1 aromatic rings. The summed E-state index contributed by atoms with van der Waals surface area (Å²) in [5, 5.41) is 17.6. The minimum atomic E-state index is -1.42. The van der Waals surface area contributed by atoms with Gasteiger partial charge in [0.2, 0.25) is 0 Å². The van der Waals surface area contributed by atoms with Crippen LogP contribution in [0.2, 0.25) is 0 Å². The van der Waals surface area contributed by atoms with Crippen LogP contribution in [-0.4, -0.2) is 22.2 Å². The lowest BCUT2D eigenvalue weighted by molar-refractivity contribution is -0.139. The van der Waals surface area contributed by atoms with Crippen LogP contribution in [0, 0.1) is 0 Å². The Bertz CT molecular complexity index is 506. The monoisotopic (exact) mass is 274 g/mol. The fraction of sp³-hybridized carbons (Fsp3) is 0.375. The Balaban J connectivity index is 2.17. The SMILES string of the molecule is O=C(O)C(=Cc1ccc(C2CCCCC2)cc1)C(=O)O. The van der Waals surface area contributed by atoms with E-state index in [1.54, 1.807) is 12.1 Å². The van der Waals surface area contributed by atoms with Gasteiger partial charge in [0.1, 0.15) is 5.57 Å². The Morgan fingerprint density at radius 2 is 1.50 bits per heavy atom. The Hall–Kier alpha value is -2.10. The first kappa shape index (κ1) is 14.3. The van der Waals surface area contributed by atoms with E-state index >= 15 is 0 Å². The molecule has 20 heavy (non-hydrogen) atoms. The van der Waals surface area contributed by atoms with Gasteiger partial charge in [0.05, 0.1) is 0 Å². The van der Waals surface area contributed by atoms with Crippen molar-refractivity contribution in [2.45, 2.75) is 38.0 Å². The smallest absolute Gasteiger partial charge is 0.343 e. The molecule has 0 saturated heterocycles. The van der Waals surface area contributed by atoms with E-state index in [9.17, 15) is 9.59 Å². The van der Waals surface area contributed by atoms with E-state index in [1.165, 1.54) is 43.7 Å². The predicted octanol–water partition coefficient (Wildman–Crippen LogP) is 3.29. The number of benzene rings is 1. The molecule has 0 bridgehead atoms. The van der Waals surface area contributed by atoms with Gasteiger partial charge >= 0.3 is 11.9 Å². The van der Waals surface area contributed by atoms with Gasteiger partial charge in [-0.3, -0.25) is 0 Å². The van der Waals surface area contributed by atoms with Crippen molar-refractivity contribution < 1.29 is 19.8 Å². The molecular weight excluding hydrogens is 256 g/mol. The average molecular weight is 274 g/mol. The van der Waals surface area contributed by atoms with E-state index < -0.39 is 17.5 Å². The maximum atomic E-state index is 10.8. The van der Waals surface area contributed by atoms with Gasteiger partial charge in [0.25, 0.3) is 0 Å². The topological polar surface area (TPSA) is 74.6 Å². The summed E-state index contributed by atoms with van der Waals surface area (Å²) in [6, 6.07) is 7.53. The van der Waals surface area contributed by atoms with E-state index in [1.807, 2.05) is 12.1 Å². The van der Waals surface area contributed by atoms with Crippen LogP contribution in [0.5, 0.6) is 0 Å². The highest BCUT2D eigenvalue weighted by atomic mass is 16.4. The third-order valence-electron chi connectivity index (χ3n) is 3.78. The summed E-state index contributed by atoms with van der Waals surface area (Å²) < 4.78 is 0. The quantitative estimate of drug-likeness (QED) is 0.502. The third kappa shape index (κ3) is 3.47. The lowest BCUT2D eigenvalue weighted by Crippen LogP contribution is -2.10. The number of hydrogen-bond donors (Lipinski definition) is 2. The molecule has 0 radical (unpaired) electrons. The van der Waals surface area contributed by atoms with Crippen LogP contribution in [0.25, 0.3) is 6.08 Å². The molecule has 4 heteroatoms. The zero-order chi connectivity index (χ0) is 14.5. The van der Waals surface area contributed by atoms with Crippen molar-refractivity contribution >= 4 is 18.0 Å². The zero-order valence-electron chi connectivity index (χ0n) is 11.2. The average Bonchev–Trinajstić information content (AvgIpc) is 2.45. The molecule has 0 aliphatic heterocycles. The molecule has 106 valence electrons. The standard InChI is InChI=1S/C16H18O4/c17-15(18)14(16(19)20)10-11-6-8-13(9-7-11)12-4-2-1-3-5-12/h6-10,12H,1-5H2,(H,17,18)(H,19,20). The van der Waals surface area contributed by atoms with Crippen molar-refractivity contribution in [1.29, 1.82) is 0 Å². The van der Waals surface area contributed by atoms with Gasteiger partial charge < -0.3 is 10.2 Å². The summed E-state index contributed by atoms with van der Waals surface area (Å²) in [5.41, 5.74) is 1.24. The van der Waals surface area contributed by atoms with Crippen LogP contribution in [0.1, 0.15) is 49.1 Å². The molecule has 0 heterocycles. The molecule has 0 spiro atoms. The highest BCUT2D eigenvalue weighted by molar-refractivity contribution is 6.16. The molecule has 0 aromatic heterocycles. The van der Waals surface area contributed by atoms with Gasteiger partial charge in [-0.1, -0.05) is 43.5 Å². The maximum Gasteiger partial charge on any atom is 0.343 e. The van der Waals surface area contributed by atoms with Crippen LogP contribution in [0.4, 0.5) is 0 Å².